The lowest BCUT2D eigenvalue weighted by molar-refractivity contribution is 0.202. The van der Waals surface area contributed by atoms with E-state index in [1.54, 1.807) is 30.5 Å². The number of carbonyl (C=O) groups is 1. The van der Waals surface area contributed by atoms with Gasteiger partial charge in [-0.05, 0) is 24.1 Å². The number of aromatic nitrogens is 1. The fraction of sp³-hybridized carbons (Fsp3) is 0.375. The fourth-order valence-corrected chi connectivity index (χ4v) is 1.83. The van der Waals surface area contributed by atoms with Crippen LogP contribution in [0.4, 0.5) is 4.79 Å². The maximum atomic E-state index is 12.0. The van der Waals surface area contributed by atoms with Crippen LogP contribution >= 0.6 is 0 Å². The van der Waals surface area contributed by atoms with Gasteiger partial charge in [-0.2, -0.15) is 0 Å². The number of rotatable bonds is 7. The molecule has 1 N–H and O–H groups in total. The Labute approximate surface area is 130 Å². The Morgan fingerprint density at radius 3 is 2.91 bits per heavy atom. The molecule has 118 valence electrons. The van der Waals surface area contributed by atoms with E-state index in [0.29, 0.717) is 25.6 Å². The minimum Gasteiger partial charge on any atom is -0.478 e. The van der Waals surface area contributed by atoms with Crippen LogP contribution in [-0.4, -0.2) is 29.6 Å². The molecule has 6 nitrogen and oxygen atoms in total. The monoisotopic (exact) mass is 303 g/mol. The standard InChI is InChI=1S/C16H21N3O3/c1-3-8-22-15-7-6-13(10-17-15)11-18-16(20)19(2)12-14-5-4-9-21-14/h4-7,9-10H,3,8,11-12H2,1-2H3,(H,18,20). The first-order valence-electron chi connectivity index (χ1n) is 7.28. The Hall–Kier alpha value is -2.50. The zero-order valence-electron chi connectivity index (χ0n) is 12.9. The van der Waals surface area contributed by atoms with Gasteiger partial charge in [-0.25, -0.2) is 9.78 Å². The maximum absolute atomic E-state index is 12.0. The second-order valence-electron chi connectivity index (χ2n) is 4.95. The van der Waals surface area contributed by atoms with E-state index >= 15 is 0 Å². The van der Waals surface area contributed by atoms with Gasteiger partial charge >= 0.3 is 6.03 Å². The summed E-state index contributed by atoms with van der Waals surface area (Å²) in [5.41, 5.74) is 0.920. The van der Waals surface area contributed by atoms with E-state index in [0.717, 1.165) is 17.7 Å². The van der Waals surface area contributed by atoms with Crippen molar-refractivity contribution in [2.24, 2.45) is 0 Å². The summed E-state index contributed by atoms with van der Waals surface area (Å²) in [4.78, 5) is 17.7. The van der Waals surface area contributed by atoms with Gasteiger partial charge in [0.1, 0.15) is 5.76 Å². The fourth-order valence-electron chi connectivity index (χ4n) is 1.83. The van der Waals surface area contributed by atoms with E-state index in [-0.39, 0.29) is 6.03 Å². The van der Waals surface area contributed by atoms with Gasteiger partial charge in [-0.1, -0.05) is 13.0 Å². The highest BCUT2D eigenvalue weighted by atomic mass is 16.5. The van der Waals surface area contributed by atoms with Crippen molar-refractivity contribution in [2.45, 2.75) is 26.4 Å². The molecule has 2 aromatic rings. The highest BCUT2D eigenvalue weighted by Gasteiger charge is 2.10. The molecule has 2 rings (SSSR count). The van der Waals surface area contributed by atoms with E-state index in [2.05, 4.69) is 10.3 Å². The van der Waals surface area contributed by atoms with E-state index < -0.39 is 0 Å². The number of furan rings is 1. The van der Waals surface area contributed by atoms with Crippen molar-refractivity contribution in [1.82, 2.24) is 15.2 Å². The molecule has 0 saturated heterocycles. The SMILES string of the molecule is CCCOc1ccc(CNC(=O)N(C)Cc2ccco2)cn1. The van der Waals surface area contributed by atoms with Crippen molar-refractivity contribution < 1.29 is 13.9 Å². The Bertz CT molecular complexity index is 567. The van der Waals surface area contributed by atoms with Gasteiger partial charge in [0.25, 0.3) is 0 Å². The molecule has 22 heavy (non-hydrogen) atoms. The van der Waals surface area contributed by atoms with Crippen LogP contribution < -0.4 is 10.1 Å². The minimum atomic E-state index is -0.164. The second-order valence-corrected chi connectivity index (χ2v) is 4.95. The first-order valence-corrected chi connectivity index (χ1v) is 7.28. The van der Waals surface area contributed by atoms with Crippen LogP contribution in [0.3, 0.4) is 0 Å². The number of carbonyl (C=O) groups excluding carboxylic acids is 1. The lowest BCUT2D eigenvalue weighted by Crippen LogP contribution is -2.36. The molecule has 6 heteroatoms. The molecule has 0 atom stereocenters. The Morgan fingerprint density at radius 2 is 2.27 bits per heavy atom. The van der Waals surface area contributed by atoms with Gasteiger partial charge in [0.15, 0.2) is 0 Å². The summed E-state index contributed by atoms with van der Waals surface area (Å²) in [5.74, 6) is 1.35. The quantitative estimate of drug-likeness (QED) is 0.854. The highest BCUT2D eigenvalue weighted by molar-refractivity contribution is 5.73. The average molecular weight is 303 g/mol. The summed E-state index contributed by atoms with van der Waals surface area (Å²) in [6, 6.07) is 7.18. The number of amides is 2. The number of hydrogen-bond donors (Lipinski definition) is 1. The molecule has 0 aliphatic rings. The predicted octanol–water partition coefficient (Wildman–Crippen LogP) is 2.81. The third kappa shape index (κ3) is 4.80. The minimum absolute atomic E-state index is 0.164. The zero-order valence-corrected chi connectivity index (χ0v) is 12.9. The van der Waals surface area contributed by atoms with Crippen molar-refractivity contribution in [3.05, 3.63) is 48.0 Å². The molecule has 0 radical (unpaired) electrons. The molecule has 0 aliphatic carbocycles. The Kier molecular flexibility index (Phi) is 5.82. The van der Waals surface area contributed by atoms with E-state index in [4.69, 9.17) is 9.15 Å². The molecular formula is C16H21N3O3. The third-order valence-corrected chi connectivity index (χ3v) is 3.02. The van der Waals surface area contributed by atoms with Gasteiger partial charge in [-0.15, -0.1) is 0 Å². The first-order chi connectivity index (χ1) is 10.7. The van der Waals surface area contributed by atoms with Crippen molar-refractivity contribution >= 4 is 6.03 Å². The van der Waals surface area contributed by atoms with Crippen LogP contribution in [0.15, 0.2) is 41.1 Å². The number of hydrogen-bond acceptors (Lipinski definition) is 4. The summed E-state index contributed by atoms with van der Waals surface area (Å²) in [6.45, 7) is 3.55. The van der Waals surface area contributed by atoms with Crippen molar-refractivity contribution in [3.63, 3.8) is 0 Å². The number of ether oxygens (including phenoxy) is 1. The first kappa shape index (κ1) is 15.9. The van der Waals surface area contributed by atoms with Gasteiger partial charge in [0.05, 0.1) is 19.4 Å². The summed E-state index contributed by atoms with van der Waals surface area (Å²) in [7, 11) is 1.72. The third-order valence-electron chi connectivity index (χ3n) is 3.02. The van der Waals surface area contributed by atoms with Crippen LogP contribution in [0.1, 0.15) is 24.7 Å². The van der Waals surface area contributed by atoms with E-state index in [1.807, 2.05) is 25.1 Å². The molecule has 0 saturated carbocycles. The van der Waals surface area contributed by atoms with Gasteiger partial charge in [0, 0.05) is 25.9 Å². The molecule has 2 aromatic heterocycles. The molecule has 0 aromatic carbocycles. The highest BCUT2D eigenvalue weighted by Crippen LogP contribution is 2.08. The van der Waals surface area contributed by atoms with Crippen LogP contribution in [0.2, 0.25) is 0 Å². The molecular weight excluding hydrogens is 282 g/mol. The summed E-state index contributed by atoms with van der Waals surface area (Å²) >= 11 is 0. The summed E-state index contributed by atoms with van der Waals surface area (Å²) < 4.78 is 10.6. The van der Waals surface area contributed by atoms with Gasteiger partial charge < -0.3 is 19.4 Å². The van der Waals surface area contributed by atoms with Crippen LogP contribution in [-0.2, 0) is 13.1 Å². The molecule has 2 amide bonds. The number of nitrogens with one attached hydrogen (secondary N) is 1. The average Bonchev–Trinajstić information content (AvgIpc) is 3.04. The normalized spacial score (nSPS) is 10.3. The molecule has 0 fully saturated rings. The van der Waals surface area contributed by atoms with E-state index in [9.17, 15) is 4.79 Å². The molecule has 0 unspecified atom stereocenters. The van der Waals surface area contributed by atoms with Gasteiger partial charge in [-0.3, -0.25) is 0 Å². The smallest absolute Gasteiger partial charge is 0.317 e. The van der Waals surface area contributed by atoms with Crippen LogP contribution in [0.5, 0.6) is 5.88 Å². The van der Waals surface area contributed by atoms with Crippen molar-refractivity contribution in [2.75, 3.05) is 13.7 Å². The molecule has 0 aliphatic heterocycles. The number of pyridine rings is 1. The van der Waals surface area contributed by atoms with Crippen LogP contribution in [0, 0.1) is 0 Å². The zero-order chi connectivity index (χ0) is 15.8. The number of urea groups is 1. The lowest BCUT2D eigenvalue weighted by atomic mass is 10.3. The van der Waals surface area contributed by atoms with Crippen LogP contribution in [0.25, 0.3) is 0 Å². The Morgan fingerprint density at radius 1 is 1.41 bits per heavy atom. The number of nitrogens with zero attached hydrogens (tertiary/aromatic N) is 2. The Balaban J connectivity index is 1.77. The summed E-state index contributed by atoms with van der Waals surface area (Å²) in [5, 5.41) is 2.84. The predicted molar refractivity (Wildman–Crippen MR) is 82.4 cm³/mol. The largest absolute Gasteiger partial charge is 0.478 e. The summed E-state index contributed by atoms with van der Waals surface area (Å²) in [6.07, 6.45) is 4.24. The van der Waals surface area contributed by atoms with Crippen molar-refractivity contribution in [1.29, 1.82) is 0 Å². The maximum Gasteiger partial charge on any atom is 0.317 e. The van der Waals surface area contributed by atoms with Crippen molar-refractivity contribution in [3.8, 4) is 5.88 Å². The second kappa shape index (κ2) is 8.07. The molecule has 2 heterocycles. The molecule has 0 bridgehead atoms. The topological polar surface area (TPSA) is 67.6 Å². The molecule has 0 spiro atoms. The lowest BCUT2D eigenvalue weighted by Gasteiger charge is -2.16. The van der Waals surface area contributed by atoms with E-state index in [1.165, 1.54) is 0 Å². The van der Waals surface area contributed by atoms with Gasteiger partial charge in [0.2, 0.25) is 5.88 Å².